The van der Waals surface area contributed by atoms with Crippen molar-refractivity contribution in [3.05, 3.63) is 89.7 Å². The number of carbonyl (C=O) groups is 1. The Hall–Kier alpha value is -3.23. The van der Waals surface area contributed by atoms with Crippen molar-refractivity contribution in [2.24, 2.45) is 0 Å². The van der Waals surface area contributed by atoms with Gasteiger partial charge in [0.1, 0.15) is 0 Å². The predicted molar refractivity (Wildman–Crippen MR) is 146 cm³/mol. The minimum Gasteiger partial charge on any atom is -0.466 e. The van der Waals surface area contributed by atoms with Crippen LogP contribution in [0.5, 0.6) is 0 Å². The Morgan fingerprint density at radius 1 is 0.897 bits per heavy atom. The van der Waals surface area contributed by atoms with Gasteiger partial charge in [0.15, 0.2) is 0 Å². The van der Waals surface area contributed by atoms with E-state index in [2.05, 4.69) is 14.8 Å². The molecule has 1 aliphatic rings. The standard InChI is InChI=1S/C31H36F3N3O2/c1-4-39-29(38)19-28-22-36(20-24-13-15-35-16-14-24)17-18-37(28)21-23-5-7-25(8-6-23)26-9-11-27(12-10-26)30(2,3)31(32,33)34/h5-16,28H,4,17-22H2,1-3H3/t28-/m0/s1. The van der Waals surface area contributed by atoms with E-state index in [1.165, 1.54) is 19.4 Å². The molecule has 0 unspecified atom stereocenters. The Morgan fingerprint density at radius 2 is 1.49 bits per heavy atom. The fourth-order valence-corrected chi connectivity index (χ4v) is 4.94. The maximum Gasteiger partial charge on any atom is 0.397 e. The number of halogens is 3. The van der Waals surface area contributed by atoms with Crippen LogP contribution >= 0.6 is 0 Å². The number of hydrogen-bond donors (Lipinski definition) is 0. The van der Waals surface area contributed by atoms with Crippen molar-refractivity contribution < 1.29 is 22.7 Å². The van der Waals surface area contributed by atoms with E-state index in [1.807, 2.05) is 43.3 Å². The van der Waals surface area contributed by atoms with Crippen LogP contribution in [0.25, 0.3) is 11.1 Å². The van der Waals surface area contributed by atoms with E-state index in [4.69, 9.17) is 4.74 Å². The molecule has 0 N–H and O–H groups in total. The molecular weight excluding hydrogens is 503 g/mol. The number of carbonyl (C=O) groups excluding carboxylic acids is 1. The van der Waals surface area contributed by atoms with E-state index in [1.54, 1.807) is 36.7 Å². The maximum atomic E-state index is 13.4. The van der Waals surface area contributed by atoms with Crippen LogP contribution in [-0.4, -0.2) is 59.2 Å². The summed E-state index contributed by atoms with van der Waals surface area (Å²) in [6.07, 6.45) is -0.392. The van der Waals surface area contributed by atoms with Crippen molar-refractivity contribution >= 4 is 5.97 Å². The minimum atomic E-state index is -4.31. The second-order valence-corrected chi connectivity index (χ2v) is 10.6. The molecule has 39 heavy (non-hydrogen) atoms. The molecule has 208 valence electrons. The number of benzene rings is 2. The number of aromatic nitrogens is 1. The van der Waals surface area contributed by atoms with Crippen LogP contribution in [0.4, 0.5) is 13.2 Å². The van der Waals surface area contributed by atoms with Crippen LogP contribution in [0.1, 0.15) is 43.9 Å². The number of pyridine rings is 1. The fourth-order valence-electron chi connectivity index (χ4n) is 4.94. The molecular formula is C31H36F3N3O2. The molecule has 1 aliphatic heterocycles. The van der Waals surface area contributed by atoms with Crippen molar-refractivity contribution in [3.8, 4) is 11.1 Å². The zero-order valence-corrected chi connectivity index (χ0v) is 22.7. The van der Waals surface area contributed by atoms with Crippen molar-refractivity contribution in [2.75, 3.05) is 26.2 Å². The van der Waals surface area contributed by atoms with Crippen LogP contribution in [-0.2, 0) is 28.0 Å². The number of rotatable bonds is 9. The first kappa shape index (κ1) is 28.8. The summed E-state index contributed by atoms with van der Waals surface area (Å²) in [5.74, 6) is -0.189. The number of nitrogens with zero attached hydrogens (tertiary/aromatic N) is 3. The third-order valence-electron chi connectivity index (χ3n) is 7.54. The second kappa shape index (κ2) is 12.3. The highest BCUT2D eigenvalue weighted by atomic mass is 19.4. The highest BCUT2D eigenvalue weighted by Gasteiger charge is 2.48. The SMILES string of the molecule is CCOC(=O)C[C@H]1CN(Cc2ccncc2)CCN1Cc1ccc(-c2ccc(C(C)(C)C(F)(F)F)cc2)cc1. The molecule has 8 heteroatoms. The molecule has 2 aromatic carbocycles. The van der Waals surface area contributed by atoms with Crippen LogP contribution in [0, 0.1) is 0 Å². The average molecular weight is 540 g/mol. The lowest BCUT2D eigenvalue weighted by molar-refractivity contribution is -0.180. The zero-order chi connectivity index (χ0) is 28.0. The van der Waals surface area contributed by atoms with Crippen LogP contribution in [0.15, 0.2) is 73.1 Å². The van der Waals surface area contributed by atoms with Gasteiger partial charge < -0.3 is 4.74 Å². The maximum absolute atomic E-state index is 13.4. The lowest BCUT2D eigenvalue weighted by Gasteiger charge is -2.41. The van der Waals surface area contributed by atoms with E-state index in [0.717, 1.165) is 42.9 Å². The molecule has 2 heterocycles. The summed E-state index contributed by atoms with van der Waals surface area (Å²) in [6, 6.07) is 18.8. The number of piperazine rings is 1. The highest BCUT2D eigenvalue weighted by molar-refractivity contribution is 5.70. The lowest BCUT2D eigenvalue weighted by Crippen LogP contribution is -2.53. The summed E-state index contributed by atoms with van der Waals surface area (Å²) in [7, 11) is 0. The molecule has 1 fully saturated rings. The summed E-state index contributed by atoms with van der Waals surface area (Å²) < 4.78 is 45.5. The molecule has 0 saturated carbocycles. The summed E-state index contributed by atoms with van der Waals surface area (Å²) in [6.45, 7) is 8.57. The number of hydrogen-bond acceptors (Lipinski definition) is 5. The molecule has 4 rings (SSSR count). The van der Waals surface area contributed by atoms with E-state index in [9.17, 15) is 18.0 Å². The van der Waals surface area contributed by atoms with Crippen LogP contribution < -0.4 is 0 Å². The van der Waals surface area contributed by atoms with Crippen molar-refractivity contribution in [3.63, 3.8) is 0 Å². The first-order valence-corrected chi connectivity index (χ1v) is 13.3. The average Bonchev–Trinajstić information content (AvgIpc) is 2.91. The Kier molecular flexibility index (Phi) is 9.08. The number of ether oxygens (including phenoxy) is 1. The molecule has 0 spiro atoms. The third kappa shape index (κ3) is 7.25. The Balaban J connectivity index is 1.43. The quantitative estimate of drug-likeness (QED) is 0.302. The first-order chi connectivity index (χ1) is 18.6. The monoisotopic (exact) mass is 539 g/mol. The van der Waals surface area contributed by atoms with Crippen molar-refractivity contribution in [1.29, 1.82) is 0 Å². The summed E-state index contributed by atoms with van der Waals surface area (Å²) >= 11 is 0. The van der Waals surface area contributed by atoms with E-state index < -0.39 is 11.6 Å². The molecule has 0 bridgehead atoms. The van der Waals surface area contributed by atoms with Crippen LogP contribution in [0.2, 0.25) is 0 Å². The fraction of sp³-hybridized carbons (Fsp3) is 0.419. The van der Waals surface area contributed by atoms with E-state index in [0.29, 0.717) is 19.6 Å². The van der Waals surface area contributed by atoms with Gasteiger partial charge in [0.25, 0.3) is 0 Å². The van der Waals surface area contributed by atoms with Gasteiger partial charge in [-0.2, -0.15) is 13.2 Å². The van der Waals surface area contributed by atoms with Gasteiger partial charge in [0, 0.05) is 51.2 Å². The molecule has 5 nitrogen and oxygen atoms in total. The first-order valence-electron chi connectivity index (χ1n) is 13.3. The van der Waals surface area contributed by atoms with Gasteiger partial charge in [0.05, 0.1) is 18.4 Å². The minimum absolute atomic E-state index is 0.0313. The normalized spacial score (nSPS) is 17.2. The predicted octanol–water partition coefficient (Wildman–Crippen LogP) is 6.23. The third-order valence-corrected chi connectivity index (χ3v) is 7.54. The molecule has 1 aromatic heterocycles. The Morgan fingerprint density at radius 3 is 2.08 bits per heavy atom. The summed E-state index contributed by atoms with van der Waals surface area (Å²) in [5, 5.41) is 0. The van der Waals surface area contributed by atoms with Gasteiger partial charge in [-0.1, -0.05) is 48.5 Å². The molecule has 0 amide bonds. The molecule has 1 atom stereocenters. The summed E-state index contributed by atoms with van der Waals surface area (Å²) in [4.78, 5) is 21.2. The van der Waals surface area contributed by atoms with E-state index >= 15 is 0 Å². The van der Waals surface area contributed by atoms with Gasteiger partial charge in [-0.25, -0.2) is 0 Å². The number of esters is 1. The Bertz CT molecular complexity index is 1210. The molecule has 0 aliphatic carbocycles. The molecule has 3 aromatic rings. The van der Waals surface area contributed by atoms with E-state index in [-0.39, 0.29) is 17.6 Å². The van der Waals surface area contributed by atoms with Gasteiger partial charge >= 0.3 is 12.1 Å². The summed E-state index contributed by atoms with van der Waals surface area (Å²) in [5.41, 5.74) is 2.46. The topological polar surface area (TPSA) is 45.7 Å². The van der Waals surface area contributed by atoms with Gasteiger partial charge in [-0.3, -0.25) is 19.6 Å². The van der Waals surface area contributed by atoms with Crippen molar-refractivity contribution in [1.82, 2.24) is 14.8 Å². The Labute approximate surface area is 228 Å². The van der Waals surface area contributed by atoms with Crippen molar-refractivity contribution in [2.45, 2.75) is 57.9 Å². The smallest absolute Gasteiger partial charge is 0.397 e. The van der Waals surface area contributed by atoms with Gasteiger partial charge in [0.2, 0.25) is 0 Å². The van der Waals surface area contributed by atoms with Gasteiger partial charge in [-0.05, 0) is 60.7 Å². The van der Waals surface area contributed by atoms with Crippen LogP contribution in [0.3, 0.4) is 0 Å². The lowest BCUT2D eigenvalue weighted by atomic mass is 9.83. The number of alkyl halides is 3. The molecule has 0 radical (unpaired) electrons. The zero-order valence-electron chi connectivity index (χ0n) is 22.7. The highest BCUT2D eigenvalue weighted by Crippen LogP contribution is 2.40. The van der Waals surface area contributed by atoms with Gasteiger partial charge in [-0.15, -0.1) is 0 Å². The second-order valence-electron chi connectivity index (χ2n) is 10.6. The molecule has 1 saturated heterocycles. The largest absolute Gasteiger partial charge is 0.466 e.